The van der Waals surface area contributed by atoms with E-state index in [0.29, 0.717) is 5.56 Å². The zero-order valence-corrected chi connectivity index (χ0v) is 11.2. The molecule has 4 nitrogen and oxygen atoms in total. The molecule has 0 spiro atoms. The second-order valence-corrected chi connectivity index (χ2v) is 6.22. The van der Waals surface area contributed by atoms with E-state index >= 15 is 0 Å². The molecule has 0 bridgehead atoms. The number of nitrogens with zero attached hydrogens (tertiary/aromatic N) is 1. The second kappa shape index (κ2) is 4.62. The van der Waals surface area contributed by atoms with Crippen LogP contribution < -0.4 is 5.73 Å². The molecule has 0 saturated carbocycles. The van der Waals surface area contributed by atoms with Crippen molar-refractivity contribution in [3.63, 3.8) is 0 Å². The van der Waals surface area contributed by atoms with Gasteiger partial charge in [-0.2, -0.15) is 4.31 Å². The molecular weight excluding hydrogens is 243 g/mol. The van der Waals surface area contributed by atoms with Gasteiger partial charge in [0.25, 0.3) is 0 Å². The van der Waals surface area contributed by atoms with Crippen LogP contribution in [0.3, 0.4) is 0 Å². The summed E-state index contributed by atoms with van der Waals surface area (Å²) in [5.74, 6) is -0.774. The van der Waals surface area contributed by atoms with Gasteiger partial charge >= 0.3 is 0 Å². The minimum Gasteiger partial charge on any atom is -0.398 e. The number of nitrogens with two attached hydrogens (primary N) is 1. The normalized spacial score (nSPS) is 12.4. The summed E-state index contributed by atoms with van der Waals surface area (Å²) in [4.78, 5) is -0.378. The van der Waals surface area contributed by atoms with Crippen LogP contribution in [0, 0.1) is 12.7 Å². The van der Waals surface area contributed by atoms with Crippen molar-refractivity contribution in [2.75, 3.05) is 12.8 Å². The first-order chi connectivity index (χ1) is 7.67. The SMILES string of the molecule is Cc1cc(F)c(S(=O)(=O)N(C)C(C)C)cc1N. The van der Waals surface area contributed by atoms with Crippen LogP contribution in [0.25, 0.3) is 0 Å². The van der Waals surface area contributed by atoms with E-state index in [0.717, 1.165) is 10.4 Å². The summed E-state index contributed by atoms with van der Waals surface area (Å²) < 4.78 is 39.0. The molecule has 0 unspecified atom stereocenters. The summed E-state index contributed by atoms with van der Waals surface area (Å²) in [6.45, 7) is 5.06. The van der Waals surface area contributed by atoms with Crippen LogP contribution in [0.1, 0.15) is 19.4 Å². The minimum atomic E-state index is -3.83. The maximum atomic E-state index is 13.7. The van der Waals surface area contributed by atoms with Gasteiger partial charge in [0, 0.05) is 18.8 Å². The molecule has 0 aliphatic rings. The van der Waals surface area contributed by atoms with Gasteiger partial charge in [-0.3, -0.25) is 0 Å². The summed E-state index contributed by atoms with van der Waals surface area (Å²) in [6, 6.07) is 2.05. The van der Waals surface area contributed by atoms with Crippen molar-refractivity contribution in [3.05, 3.63) is 23.5 Å². The second-order valence-electron chi connectivity index (χ2n) is 4.25. The monoisotopic (exact) mass is 260 g/mol. The number of nitrogen functional groups attached to an aromatic ring is 1. The van der Waals surface area contributed by atoms with E-state index in [1.54, 1.807) is 20.8 Å². The van der Waals surface area contributed by atoms with Crippen LogP contribution in [-0.2, 0) is 10.0 Å². The summed E-state index contributed by atoms with van der Waals surface area (Å²) in [7, 11) is -2.42. The molecule has 1 rings (SSSR count). The fourth-order valence-electron chi connectivity index (χ4n) is 1.30. The predicted octanol–water partition coefficient (Wildman–Crippen LogP) is 1.75. The van der Waals surface area contributed by atoms with Crippen molar-refractivity contribution in [2.45, 2.75) is 31.7 Å². The highest BCUT2D eigenvalue weighted by molar-refractivity contribution is 7.89. The van der Waals surface area contributed by atoms with Gasteiger partial charge in [-0.25, -0.2) is 12.8 Å². The van der Waals surface area contributed by atoms with Gasteiger partial charge in [0.1, 0.15) is 10.7 Å². The van der Waals surface area contributed by atoms with Crippen molar-refractivity contribution >= 4 is 15.7 Å². The molecule has 0 radical (unpaired) electrons. The van der Waals surface area contributed by atoms with E-state index in [-0.39, 0.29) is 16.6 Å². The third kappa shape index (κ3) is 2.58. The lowest BCUT2D eigenvalue weighted by Gasteiger charge is -2.21. The summed E-state index contributed by atoms with van der Waals surface area (Å²) in [5, 5.41) is 0. The third-order valence-electron chi connectivity index (χ3n) is 2.70. The van der Waals surface area contributed by atoms with Crippen molar-refractivity contribution in [1.29, 1.82) is 0 Å². The third-order valence-corrected chi connectivity index (χ3v) is 4.75. The van der Waals surface area contributed by atoms with Crippen LogP contribution in [0.2, 0.25) is 0 Å². The minimum absolute atomic E-state index is 0.248. The molecule has 0 aromatic heterocycles. The number of sulfonamides is 1. The number of aryl methyl sites for hydroxylation is 1. The van der Waals surface area contributed by atoms with Crippen molar-refractivity contribution < 1.29 is 12.8 Å². The van der Waals surface area contributed by atoms with Gasteiger partial charge in [-0.05, 0) is 38.5 Å². The average molecular weight is 260 g/mol. The largest absolute Gasteiger partial charge is 0.398 e. The first-order valence-corrected chi connectivity index (χ1v) is 6.65. The summed E-state index contributed by atoms with van der Waals surface area (Å²) in [6.07, 6.45) is 0. The van der Waals surface area contributed by atoms with E-state index in [4.69, 9.17) is 5.73 Å². The van der Waals surface area contributed by atoms with E-state index in [1.807, 2.05) is 0 Å². The smallest absolute Gasteiger partial charge is 0.246 e. The molecule has 0 saturated heterocycles. The van der Waals surface area contributed by atoms with Gasteiger partial charge < -0.3 is 5.73 Å². The molecule has 0 aliphatic carbocycles. The Morgan fingerprint density at radius 3 is 2.35 bits per heavy atom. The molecule has 0 amide bonds. The molecule has 6 heteroatoms. The fourth-order valence-corrected chi connectivity index (χ4v) is 2.75. The Morgan fingerprint density at radius 2 is 1.88 bits per heavy atom. The number of benzene rings is 1. The molecule has 0 heterocycles. The predicted molar refractivity (Wildman–Crippen MR) is 65.6 cm³/mol. The lowest BCUT2D eigenvalue weighted by molar-refractivity contribution is 0.407. The molecule has 1 aromatic rings. The van der Waals surface area contributed by atoms with Gasteiger partial charge in [-0.15, -0.1) is 0 Å². The van der Waals surface area contributed by atoms with E-state index in [2.05, 4.69) is 0 Å². The Kier molecular flexibility index (Phi) is 3.78. The summed E-state index contributed by atoms with van der Waals surface area (Å²) >= 11 is 0. The molecule has 1 aromatic carbocycles. The van der Waals surface area contributed by atoms with Crippen molar-refractivity contribution in [1.82, 2.24) is 4.31 Å². The standard InChI is InChI=1S/C11H17FN2O2S/c1-7(2)14(4)17(15,16)11-6-10(13)8(3)5-9(11)12/h5-7H,13H2,1-4H3. The fraction of sp³-hybridized carbons (Fsp3) is 0.455. The van der Waals surface area contributed by atoms with Gasteiger partial charge in [-0.1, -0.05) is 0 Å². The molecule has 2 N–H and O–H groups in total. The van der Waals surface area contributed by atoms with Crippen LogP contribution in [0.15, 0.2) is 17.0 Å². The quantitative estimate of drug-likeness (QED) is 0.842. The lowest BCUT2D eigenvalue weighted by atomic mass is 10.2. The van der Waals surface area contributed by atoms with Crippen LogP contribution in [0.5, 0.6) is 0 Å². The number of hydrogen-bond acceptors (Lipinski definition) is 3. The number of anilines is 1. The lowest BCUT2D eigenvalue weighted by Crippen LogP contribution is -2.33. The Hall–Kier alpha value is -1.14. The maximum Gasteiger partial charge on any atom is 0.246 e. The zero-order valence-electron chi connectivity index (χ0n) is 10.4. The van der Waals surface area contributed by atoms with Crippen molar-refractivity contribution in [2.24, 2.45) is 0 Å². The average Bonchev–Trinajstić information content (AvgIpc) is 2.21. The molecule has 17 heavy (non-hydrogen) atoms. The number of hydrogen-bond donors (Lipinski definition) is 1. The molecule has 0 fully saturated rings. The van der Waals surface area contributed by atoms with Gasteiger partial charge in [0.05, 0.1) is 0 Å². The van der Waals surface area contributed by atoms with Gasteiger partial charge in [0.2, 0.25) is 10.0 Å². The zero-order chi connectivity index (χ0) is 13.4. The highest BCUT2D eigenvalue weighted by Gasteiger charge is 2.26. The number of halogens is 1. The van der Waals surface area contributed by atoms with E-state index in [1.165, 1.54) is 13.1 Å². The Morgan fingerprint density at radius 1 is 1.35 bits per heavy atom. The Balaban J connectivity index is 3.39. The van der Waals surface area contributed by atoms with Crippen molar-refractivity contribution in [3.8, 4) is 0 Å². The highest BCUT2D eigenvalue weighted by atomic mass is 32.2. The summed E-state index contributed by atoms with van der Waals surface area (Å²) in [5.41, 5.74) is 6.40. The molecule has 0 aliphatic heterocycles. The Labute approximate surface area is 101 Å². The van der Waals surface area contributed by atoms with Gasteiger partial charge in [0.15, 0.2) is 0 Å². The van der Waals surface area contributed by atoms with E-state index in [9.17, 15) is 12.8 Å². The van der Waals surface area contributed by atoms with Crippen LogP contribution >= 0.6 is 0 Å². The van der Waals surface area contributed by atoms with E-state index < -0.39 is 15.8 Å². The highest BCUT2D eigenvalue weighted by Crippen LogP contribution is 2.24. The molecule has 0 atom stereocenters. The molecule has 96 valence electrons. The number of rotatable bonds is 3. The van der Waals surface area contributed by atoms with Crippen LogP contribution in [-0.4, -0.2) is 25.8 Å². The van der Waals surface area contributed by atoms with Crippen LogP contribution in [0.4, 0.5) is 10.1 Å². The Bertz CT molecular complexity index is 527. The first kappa shape index (κ1) is 13.9. The maximum absolute atomic E-state index is 13.7. The topological polar surface area (TPSA) is 63.4 Å². The molecular formula is C11H17FN2O2S. The first-order valence-electron chi connectivity index (χ1n) is 5.21.